The van der Waals surface area contributed by atoms with Crippen molar-refractivity contribution >= 4 is 36.0 Å². The van der Waals surface area contributed by atoms with Gasteiger partial charge in [0.05, 0.1) is 5.75 Å². The summed E-state index contributed by atoms with van der Waals surface area (Å²) in [6, 6.07) is 9.47. The summed E-state index contributed by atoms with van der Waals surface area (Å²) < 4.78 is 23.4. The van der Waals surface area contributed by atoms with E-state index in [0.717, 1.165) is 9.14 Å². The van der Waals surface area contributed by atoms with Crippen LogP contribution in [0.4, 0.5) is 0 Å². The van der Waals surface area contributed by atoms with Crippen LogP contribution in [0.2, 0.25) is 0 Å². The van der Waals surface area contributed by atoms with E-state index in [1.54, 1.807) is 6.92 Å². The number of sulfone groups is 1. The molecule has 0 aliphatic rings. The van der Waals surface area contributed by atoms with Gasteiger partial charge in [-0.15, -0.1) is 0 Å². The number of hydrogen-bond donors (Lipinski definition) is 0. The van der Waals surface area contributed by atoms with Crippen molar-refractivity contribution in [1.29, 1.82) is 0 Å². The molecule has 0 aromatic heterocycles. The molecule has 0 saturated carbocycles. The van der Waals surface area contributed by atoms with Crippen LogP contribution in [-0.4, -0.2) is 14.2 Å². The second-order valence-corrected chi connectivity index (χ2v) is 6.08. The van der Waals surface area contributed by atoms with Gasteiger partial charge in [-0.3, -0.25) is 0 Å². The third-order valence-corrected chi connectivity index (χ3v) is 4.49. The van der Waals surface area contributed by atoms with Gasteiger partial charge in [0.1, 0.15) is 0 Å². The van der Waals surface area contributed by atoms with E-state index in [-0.39, 0.29) is 5.75 Å². The number of halogens is 1. The van der Waals surface area contributed by atoms with Gasteiger partial charge in [-0.1, -0.05) is 37.3 Å². The van der Waals surface area contributed by atoms with Gasteiger partial charge < -0.3 is 0 Å². The molecule has 0 N–H and O–H groups in total. The largest absolute Gasteiger partial charge is 0.224 e. The first-order chi connectivity index (χ1) is 6.55. The Morgan fingerprint density at radius 2 is 1.93 bits per heavy atom. The lowest BCUT2D eigenvalue weighted by molar-refractivity contribution is 0.606. The highest BCUT2D eigenvalue weighted by Crippen LogP contribution is 2.22. The lowest BCUT2D eigenvalue weighted by atomic mass is 10.2. The Balaban J connectivity index is 3.03. The average Bonchev–Trinajstić information content (AvgIpc) is 2.19. The molecule has 2 nitrogen and oxygen atoms in total. The molecule has 14 heavy (non-hydrogen) atoms. The van der Waals surface area contributed by atoms with Crippen LogP contribution in [0.15, 0.2) is 35.7 Å². The first kappa shape index (κ1) is 11.7. The van der Waals surface area contributed by atoms with Crippen LogP contribution >= 0.6 is 22.6 Å². The summed E-state index contributed by atoms with van der Waals surface area (Å²) in [5.74, 6) is 0.145. The molecule has 0 spiro atoms. The SMILES string of the molecule is CCS(=O)(=O)/C=C(/I)c1ccccc1. The van der Waals surface area contributed by atoms with Crippen molar-refractivity contribution < 1.29 is 8.42 Å². The van der Waals surface area contributed by atoms with Crippen LogP contribution in [0.1, 0.15) is 12.5 Å². The minimum Gasteiger partial charge on any atom is -0.224 e. The lowest BCUT2D eigenvalue weighted by Crippen LogP contribution is -1.97. The molecular weight excluding hydrogens is 311 g/mol. The smallest absolute Gasteiger partial charge is 0.172 e. The summed E-state index contributed by atoms with van der Waals surface area (Å²) in [5.41, 5.74) is 0.935. The predicted octanol–water partition coefficient (Wildman–Crippen LogP) is 2.85. The van der Waals surface area contributed by atoms with Crippen LogP contribution in [0.5, 0.6) is 0 Å². The maximum atomic E-state index is 11.3. The van der Waals surface area contributed by atoms with Crippen LogP contribution in [0.3, 0.4) is 0 Å². The standard InChI is InChI=1S/C10H11IO2S/c1-2-14(12,13)8-10(11)9-6-4-3-5-7-9/h3-8H,2H2,1H3/b10-8+. The number of benzene rings is 1. The van der Waals surface area contributed by atoms with Crippen molar-refractivity contribution in [1.82, 2.24) is 0 Å². The zero-order valence-corrected chi connectivity index (χ0v) is 10.7. The summed E-state index contributed by atoms with van der Waals surface area (Å²) >= 11 is 2.04. The third kappa shape index (κ3) is 3.42. The van der Waals surface area contributed by atoms with Crippen molar-refractivity contribution in [2.75, 3.05) is 5.75 Å². The Morgan fingerprint density at radius 1 is 1.36 bits per heavy atom. The molecule has 0 aliphatic carbocycles. The van der Waals surface area contributed by atoms with Crippen molar-refractivity contribution in [2.24, 2.45) is 0 Å². The van der Waals surface area contributed by atoms with E-state index in [4.69, 9.17) is 0 Å². The van der Waals surface area contributed by atoms with E-state index >= 15 is 0 Å². The Kier molecular flexibility index (Phi) is 4.12. The number of rotatable bonds is 3. The molecule has 1 aromatic carbocycles. The number of hydrogen-bond acceptors (Lipinski definition) is 2. The molecule has 0 fully saturated rings. The lowest BCUT2D eigenvalue weighted by Gasteiger charge is -1.99. The average molecular weight is 322 g/mol. The normalized spacial score (nSPS) is 12.9. The van der Waals surface area contributed by atoms with Gasteiger partial charge in [0.15, 0.2) is 9.84 Å². The minimum absolute atomic E-state index is 0.145. The van der Waals surface area contributed by atoms with Crippen LogP contribution in [-0.2, 0) is 9.84 Å². The molecule has 0 radical (unpaired) electrons. The minimum atomic E-state index is -3.04. The topological polar surface area (TPSA) is 34.1 Å². The van der Waals surface area contributed by atoms with Crippen molar-refractivity contribution in [3.8, 4) is 0 Å². The van der Waals surface area contributed by atoms with Gasteiger partial charge in [-0.25, -0.2) is 8.42 Å². The summed E-state index contributed by atoms with van der Waals surface area (Å²) in [7, 11) is -3.04. The fraction of sp³-hybridized carbons (Fsp3) is 0.200. The summed E-state index contributed by atoms with van der Waals surface area (Å²) in [6.07, 6.45) is 0. The van der Waals surface area contributed by atoms with Crippen LogP contribution in [0, 0.1) is 0 Å². The van der Waals surface area contributed by atoms with Crippen molar-refractivity contribution in [3.05, 3.63) is 41.3 Å². The third-order valence-electron chi connectivity index (χ3n) is 1.73. The zero-order valence-electron chi connectivity index (χ0n) is 7.77. The second-order valence-electron chi connectivity index (χ2n) is 2.78. The fourth-order valence-electron chi connectivity index (χ4n) is 0.906. The van der Waals surface area contributed by atoms with E-state index in [9.17, 15) is 8.42 Å². The maximum absolute atomic E-state index is 11.3. The molecule has 1 rings (SSSR count). The van der Waals surface area contributed by atoms with Crippen molar-refractivity contribution in [3.63, 3.8) is 0 Å². The van der Waals surface area contributed by atoms with Gasteiger partial charge in [0, 0.05) is 8.99 Å². The molecule has 0 bridgehead atoms. The molecule has 4 heteroatoms. The molecule has 76 valence electrons. The molecule has 0 aliphatic heterocycles. The maximum Gasteiger partial charge on any atom is 0.172 e. The first-order valence-electron chi connectivity index (χ1n) is 4.20. The molecule has 0 saturated heterocycles. The van der Waals surface area contributed by atoms with Gasteiger partial charge in [-0.05, 0) is 28.2 Å². The quantitative estimate of drug-likeness (QED) is 0.802. The Labute approximate surface area is 98.1 Å². The molecule has 0 unspecified atom stereocenters. The summed E-state index contributed by atoms with van der Waals surface area (Å²) in [4.78, 5) is 0. The van der Waals surface area contributed by atoms with Crippen LogP contribution in [0.25, 0.3) is 3.58 Å². The Bertz CT molecular complexity index is 421. The zero-order chi connectivity index (χ0) is 10.6. The van der Waals surface area contributed by atoms with Crippen LogP contribution < -0.4 is 0 Å². The van der Waals surface area contributed by atoms with E-state index in [2.05, 4.69) is 0 Å². The van der Waals surface area contributed by atoms with Gasteiger partial charge in [0.2, 0.25) is 0 Å². The summed E-state index contributed by atoms with van der Waals surface area (Å²) in [5, 5.41) is 1.32. The Hall–Kier alpha value is -0.360. The monoisotopic (exact) mass is 322 g/mol. The van der Waals surface area contributed by atoms with E-state index < -0.39 is 9.84 Å². The highest BCUT2D eigenvalue weighted by molar-refractivity contribution is 14.1. The van der Waals surface area contributed by atoms with E-state index in [0.29, 0.717) is 0 Å². The Morgan fingerprint density at radius 3 is 2.43 bits per heavy atom. The molecule has 1 aromatic rings. The van der Waals surface area contributed by atoms with Gasteiger partial charge in [0.25, 0.3) is 0 Å². The fourth-order valence-corrected chi connectivity index (χ4v) is 3.05. The van der Waals surface area contributed by atoms with Gasteiger partial charge in [-0.2, -0.15) is 0 Å². The molecule has 0 atom stereocenters. The molecule has 0 heterocycles. The highest BCUT2D eigenvalue weighted by Gasteiger charge is 2.05. The first-order valence-corrected chi connectivity index (χ1v) is 7.00. The highest BCUT2D eigenvalue weighted by atomic mass is 127. The predicted molar refractivity (Wildman–Crippen MR) is 67.9 cm³/mol. The van der Waals surface area contributed by atoms with Gasteiger partial charge >= 0.3 is 0 Å². The molecular formula is C10H11IO2S. The van der Waals surface area contributed by atoms with E-state index in [1.807, 2.05) is 52.9 Å². The van der Waals surface area contributed by atoms with Crippen molar-refractivity contribution in [2.45, 2.75) is 6.92 Å². The summed E-state index contributed by atoms with van der Waals surface area (Å²) in [6.45, 7) is 1.64. The molecule has 0 amide bonds. The second kappa shape index (κ2) is 4.93. The van der Waals surface area contributed by atoms with E-state index in [1.165, 1.54) is 5.41 Å².